The molecule has 0 unspecified atom stereocenters. The molecule has 0 saturated heterocycles. The van der Waals surface area contributed by atoms with E-state index >= 15 is 0 Å². The van der Waals surface area contributed by atoms with Gasteiger partial charge in [-0.25, -0.2) is 0 Å². The third-order valence-electron chi connectivity index (χ3n) is 6.14. The Morgan fingerprint density at radius 2 is 1.50 bits per heavy atom. The van der Waals surface area contributed by atoms with E-state index in [0.29, 0.717) is 12.1 Å². The fraction of sp³-hybridized carbons (Fsp3) is 0.160. The van der Waals surface area contributed by atoms with Crippen molar-refractivity contribution in [2.45, 2.75) is 11.8 Å². The van der Waals surface area contributed by atoms with E-state index < -0.39 is 0 Å². The van der Waals surface area contributed by atoms with E-state index in [9.17, 15) is 9.90 Å². The Hall–Kier alpha value is -3.73. The molecule has 1 aliphatic rings. The first-order valence-corrected chi connectivity index (χ1v) is 9.96. The van der Waals surface area contributed by atoms with Gasteiger partial charge in [-0.3, -0.25) is 4.79 Å². The van der Waals surface area contributed by atoms with Gasteiger partial charge in [-0.05, 0) is 23.6 Å². The second-order valence-electron chi connectivity index (χ2n) is 7.75. The molecule has 1 heterocycles. The van der Waals surface area contributed by atoms with E-state index in [0.717, 1.165) is 22.0 Å². The van der Waals surface area contributed by atoms with Crippen molar-refractivity contribution in [2.75, 3.05) is 0 Å². The Labute approximate surface area is 174 Å². The van der Waals surface area contributed by atoms with Crippen LogP contribution >= 0.6 is 0 Å². The molecular formula is C25H21N3O2. The highest BCUT2D eigenvalue weighted by Gasteiger charge is 2.60. The lowest BCUT2D eigenvalue weighted by Crippen LogP contribution is -2.16. The largest absolute Gasteiger partial charge is 0.493 e. The number of amides is 1. The van der Waals surface area contributed by atoms with Crippen molar-refractivity contribution in [3.05, 3.63) is 96.1 Å². The Morgan fingerprint density at radius 3 is 2.13 bits per heavy atom. The third kappa shape index (κ3) is 2.74. The minimum atomic E-state index is -0.376. The minimum absolute atomic E-state index is 0.000860. The van der Waals surface area contributed by atoms with Crippen molar-refractivity contribution >= 4 is 22.5 Å². The van der Waals surface area contributed by atoms with Crippen LogP contribution in [0.1, 0.15) is 17.5 Å². The van der Waals surface area contributed by atoms with Crippen LogP contribution in [0.2, 0.25) is 0 Å². The summed E-state index contributed by atoms with van der Waals surface area (Å²) in [4.78, 5) is 13.0. The van der Waals surface area contributed by atoms with Crippen LogP contribution in [0.15, 0.2) is 95.2 Å². The topological polar surface area (TPSA) is 66.9 Å². The van der Waals surface area contributed by atoms with Crippen molar-refractivity contribution in [1.82, 2.24) is 4.57 Å². The minimum Gasteiger partial charge on any atom is -0.493 e. The number of rotatable bonds is 4. The average molecular weight is 395 g/mol. The Kier molecular flexibility index (Phi) is 4.24. The summed E-state index contributed by atoms with van der Waals surface area (Å²) in [5.74, 6) is -0.542. The maximum absolute atomic E-state index is 13.0. The number of carbonyl (C=O) groups is 1. The summed E-state index contributed by atoms with van der Waals surface area (Å²) in [7, 11) is 1.76. The number of hydrogen-bond acceptors (Lipinski definition) is 3. The molecule has 5 nitrogen and oxygen atoms in total. The second kappa shape index (κ2) is 6.95. The quantitative estimate of drug-likeness (QED) is 0.464. The highest BCUT2D eigenvalue weighted by atomic mass is 16.3. The monoisotopic (exact) mass is 395 g/mol. The molecule has 1 aromatic heterocycles. The molecule has 1 amide bonds. The molecular weight excluding hydrogens is 374 g/mol. The van der Waals surface area contributed by atoms with Gasteiger partial charge in [0.15, 0.2) is 5.69 Å². The number of aromatic hydroxyl groups is 1. The number of para-hydroxylation sites is 1. The molecule has 3 aromatic carbocycles. The predicted molar refractivity (Wildman–Crippen MR) is 116 cm³/mol. The number of nitrogens with zero attached hydrogens (tertiary/aromatic N) is 3. The van der Waals surface area contributed by atoms with Crippen LogP contribution in [0.3, 0.4) is 0 Å². The maximum Gasteiger partial charge on any atom is 0.269 e. The van der Waals surface area contributed by atoms with Gasteiger partial charge in [-0.1, -0.05) is 78.9 Å². The van der Waals surface area contributed by atoms with Gasteiger partial charge in [-0.2, -0.15) is 0 Å². The smallest absolute Gasteiger partial charge is 0.269 e. The maximum atomic E-state index is 13.0. The molecule has 30 heavy (non-hydrogen) atoms. The molecule has 0 bridgehead atoms. The van der Waals surface area contributed by atoms with Gasteiger partial charge >= 0.3 is 0 Å². The highest BCUT2D eigenvalue weighted by molar-refractivity contribution is 5.95. The lowest BCUT2D eigenvalue weighted by atomic mass is 9.85. The van der Waals surface area contributed by atoms with Crippen LogP contribution in [-0.4, -0.2) is 15.6 Å². The van der Waals surface area contributed by atoms with E-state index in [2.05, 4.69) is 34.5 Å². The molecule has 1 fully saturated rings. The van der Waals surface area contributed by atoms with Crippen LogP contribution in [0, 0.1) is 5.92 Å². The van der Waals surface area contributed by atoms with E-state index in [1.807, 2.05) is 60.7 Å². The number of aromatic nitrogens is 1. The summed E-state index contributed by atoms with van der Waals surface area (Å²) >= 11 is 0. The van der Waals surface area contributed by atoms with E-state index in [-0.39, 0.29) is 23.1 Å². The number of fused-ring (bicyclic) bond motifs is 1. The van der Waals surface area contributed by atoms with Crippen LogP contribution in [0.4, 0.5) is 5.69 Å². The predicted octanol–water partition coefficient (Wildman–Crippen LogP) is 5.50. The number of hydrogen-bond donors (Lipinski definition) is 1. The number of carbonyl (C=O) groups excluding carboxylic acids is 1. The Morgan fingerprint density at radius 1 is 0.933 bits per heavy atom. The van der Waals surface area contributed by atoms with Gasteiger partial charge in [-0.15, -0.1) is 10.2 Å². The summed E-state index contributed by atoms with van der Waals surface area (Å²) in [6, 6.07) is 27.7. The van der Waals surface area contributed by atoms with Crippen LogP contribution in [0.5, 0.6) is 5.88 Å². The molecule has 4 aromatic rings. The molecule has 1 saturated carbocycles. The fourth-order valence-corrected chi connectivity index (χ4v) is 4.46. The van der Waals surface area contributed by atoms with Crippen LogP contribution < -0.4 is 0 Å². The first-order chi connectivity index (χ1) is 14.6. The lowest BCUT2D eigenvalue weighted by molar-refractivity contribution is -0.119. The van der Waals surface area contributed by atoms with E-state index in [4.69, 9.17) is 0 Å². The molecule has 0 radical (unpaired) electrons. The first kappa shape index (κ1) is 18.3. The van der Waals surface area contributed by atoms with Crippen molar-refractivity contribution < 1.29 is 9.90 Å². The normalized spacial score (nSPS) is 17.4. The third-order valence-corrected chi connectivity index (χ3v) is 6.14. The zero-order valence-corrected chi connectivity index (χ0v) is 16.6. The molecule has 1 aliphatic carbocycles. The second-order valence-corrected chi connectivity index (χ2v) is 7.75. The van der Waals surface area contributed by atoms with Crippen molar-refractivity contribution in [3.63, 3.8) is 0 Å². The molecule has 5 heteroatoms. The SMILES string of the molecule is Cn1c(O)c(N=NC(=O)[C@H]2CC2(c2ccccc2)c2ccccc2)c2ccccc21. The van der Waals surface area contributed by atoms with E-state index in [1.165, 1.54) is 0 Å². The molecule has 0 spiro atoms. The standard InChI is InChI=1S/C25H21N3O2/c1-28-21-15-9-8-14-19(21)22(24(28)30)26-27-23(29)20-16-25(20,17-10-4-2-5-11-17)18-12-6-3-7-13-18/h2-15,20,30H,16H2,1H3/t20-/m1/s1. The summed E-state index contributed by atoms with van der Waals surface area (Å²) in [5.41, 5.74) is 3.01. The van der Waals surface area contributed by atoms with Gasteiger partial charge in [0.1, 0.15) is 0 Å². The molecule has 5 rings (SSSR count). The van der Waals surface area contributed by atoms with Gasteiger partial charge < -0.3 is 9.67 Å². The van der Waals surface area contributed by atoms with E-state index in [1.54, 1.807) is 11.6 Å². The highest BCUT2D eigenvalue weighted by Crippen LogP contribution is 2.59. The average Bonchev–Trinajstić information content (AvgIpc) is 3.52. The van der Waals surface area contributed by atoms with Gasteiger partial charge in [0.05, 0.1) is 11.4 Å². The zero-order valence-electron chi connectivity index (χ0n) is 16.6. The summed E-state index contributed by atoms with van der Waals surface area (Å²) < 4.78 is 1.64. The van der Waals surface area contributed by atoms with Crippen LogP contribution in [0.25, 0.3) is 10.9 Å². The summed E-state index contributed by atoms with van der Waals surface area (Å²) in [5, 5.41) is 19.4. The first-order valence-electron chi connectivity index (χ1n) is 9.96. The zero-order chi connectivity index (χ0) is 20.7. The summed E-state index contributed by atoms with van der Waals surface area (Å²) in [6.07, 6.45) is 0.695. The lowest BCUT2D eigenvalue weighted by Gasteiger charge is -2.17. The Bertz CT molecular complexity index is 1220. The molecule has 1 atom stereocenters. The molecule has 1 N–H and O–H groups in total. The Balaban J connectivity index is 1.50. The number of azo groups is 1. The number of aryl methyl sites for hydroxylation is 1. The van der Waals surface area contributed by atoms with Crippen LogP contribution in [-0.2, 0) is 17.3 Å². The van der Waals surface area contributed by atoms with Crippen molar-refractivity contribution in [1.29, 1.82) is 0 Å². The van der Waals surface area contributed by atoms with Crippen molar-refractivity contribution in [2.24, 2.45) is 23.2 Å². The molecule has 148 valence electrons. The summed E-state index contributed by atoms with van der Waals surface area (Å²) in [6.45, 7) is 0. The van der Waals surface area contributed by atoms with Crippen molar-refractivity contribution in [3.8, 4) is 5.88 Å². The number of benzene rings is 3. The fourth-order valence-electron chi connectivity index (χ4n) is 4.46. The molecule has 0 aliphatic heterocycles. The van der Waals surface area contributed by atoms with Gasteiger partial charge in [0, 0.05) is 17.8 Å². The van der Waals surface area contributed by atoms with Gasteiger partial charge in [0.2, 0.25) is 5.88 Å². The van der Waals surface area contributed by atoms with Gasteiger partial charge in [0.25, 0.3) is 5.91 Å².